The van der Waals surface area contributed by atoms with Gasteiger partial charge in [-0.1, -0.05) is 20.3 Å². The smallest absolute Gasteiger partial charge is 0.207 e. The third kappa shape index (κ3) is 2.28. The zero-order valence-corrected chi connectivity index (χ0v) is 15.6. The van der Waals surface area contributed by atoms with Crippen LogP contribution in [0.1, 0.15) is 65.2 Å². The normalized spacial score (nSPS) is 49.1. The van der Waals surface area contributed by atoms with E-state index in [4.69, 9.17) is 0 Å². The van der Waals surface area contributed by atoms with Crippen molar-refractivity contribution in [3.63, 3.8) is 0 Å². The molecule has 4 nitrogen and oxygen atoms in total. The highest BCUT2D eigenvalue weighted by Crippen LogP contribution is 2.65. The van der Waals surface area contributed by atoms with Crippen LogP contribution in [0, 0.1) is 40.4 Å². The first-order valence-electron chi connectivity index (χ1n) is 10.2. The summed E-state index contributed by atoms with van der Waals surface area (Å²) >= 11 is 0. The lowest BCUT2D eigenvalue weighted by Crippen LogP contribution is -2.59. The van der Waals surface area contributed by atoms with Gasteiger partial charge < -0.3 is 5.32 Å². The molecule has 0 spiro atoms. The first-order chi connectivity index (χ1) is 11.9. The highest BCUT2D eigenvalue weighted by molar-refractivity contribution is 5.88. The van der Waals surface area contributed by atoms with E-state index in [1.54, 1.807) is 0 Å². The molecule has 138 valence electrons. The van der Waals surface area contributed by atoms with Gasteiger partial charge in [0.1, 0.15) is 11.6 Å². The maximum absolute atomic E-state index is 13.1. The van der Waals surface area contributed by atoms with Crippen LogP contribution in [0.3, 0.4) is 0 Å². The second-order valence-corrected chi connectivity index (χ2v) is 9.54. The van der Waals surface area contributed by atoms with E-state index in [1.165, 1.54) is 0 Å². The molecular weight excluding hydrogens is 314 g/mol. The van der Waals surface area contributed by atoms with E-state index >= 15 is 0 Å². The van der Waals surface area contributed by atoms with Gasteiger partial charge >= 0.3 is 0 Å². The van der Waals surface area contributed by atoms with Crippen LogP contribution in [-0.4, -0.2) is 24.5 Å². The van der Waals surface area contributed by atoms with Gasteiger partial charge in [0.25, 0.3) is 0 Å². The molecule has 4 rings (SSSR count). The minimum Gasteiger partial charge on any atom is -0.358 e. The van der Waals surface area contributed by atoms with Crippen LogP contribution in [0.5, 0.6) is 0 Å². The van der Waals surface area contributed by atoms with Crippen molar-refractivity contribution in [3.8, 4) is 0 Å². The predicted octanol–water partition coefficient (Wildman–Crippen LogP) is 3.14. The summed E-state index contributed by atoms with van der Waals surface area (Å²) in [5, 5.41) is 2.90. The van der Waals surface area contributed by atoms with Crippen molar-refractivity contribution in [1.29, 1.82) is 0 Å². The van der Waals surface area contributed by atoms with Gasteiger partial charge in [0.05, 0.1) is 0 Å². The standard InChI is InChI=1S/C21H31NO3/c1-20-9-8-16-14(15(20)6-7-19(20)25)10-18(24)17-5-3-4-13(11-22-12-23)21(16,17)2/h12-17H,3-11H2,1-2H3,(H,22,23)/t13?,14-,15-,16-,17?,20-,21+/m0/s1. The summed E-state index contributed by atoms with van der Waals surface area (Å²) in [7, 11) is 0. The van der Waals surface area contributed by atoms with Crippen LogP contribution in [0.25, 0.3) is 0 Å². The highest BCUT2D eigenvalue weighted by atomic mass is 16.1. The van der Waals surface area contributed by atoms with E-state index in [2.05, 4.69) is 19.2 Å². The third-order valence-corrected chi connectivity index (χ3v) is 8.89. The molecule has 4 heteroatoms. The number of rotatable bonds is 3. The molecule has 4 fully saturated rings. The van der Waals surface area contributed by atoms with E-state index in [-0.39, 0.29) is 16.7 Å². The lowest BCUT2D eigenvalue weighted by atomic mass is 9.42. The summed E-state index contributed by atoms with van der Waals surface area (Å²) in [5.41, 5.74) is -0.197. The Balaban J connectivity index is 1.70. The number of carbonyl (C=O) groups is 3. The molecule has 7 atom stereocenters. The van der Waals surface area contributed by atoms with E-state index < -0.39 is 0 Å². The molecule has 1 N–H and O–H groups in total. The lowest BCUT2D eigenvalue weighted by Gasteiger charge is -2.61. The minimum absolute atomic E-state index is 0.0127. The van der Waals surface area contributed by atoms with E-state index in [0.717, 1.165) is 44.9 Å². The largest absolute Gasteiger partial charge is 0.358 e. The summed E-state index contributed by atoms with van der Waals surface area (Å²) in [5.74, 6) is 2.69. The number of amides is 1. The van der Waals surface area contributed by atoms with Crippen LogP contribution in [0.2, 0.25) is 0 Å². The molecule has 1 amide bonds. The fraction of sp³-hybridized carbons (Fsp3) is 0.857. The molecule has 2 unspecified atom stereocenters. The number of hydrogen-bond acceptors (Lipinski definition) is 3. The van der Waals surface area contributed by atoms with E-state index in [0.29, 0.717) is 54.6 Å². The molecule has 0 aliphatic heterocycles. The number of nitrogens with one attached hydrogen (secondary N) is 1. The number of Topliss-reactive ketones (excluding diaryl/α,β-unsaturated/α-hetero) is 2. The van der Waals surface area contributed by atoms with Crippen molar-refractivity contribution < 1.29 is 14.4 Å². The van der Waals surface area contributed by atoms with E-state index in [1.807, 2.05) is 0 Å². The Labute approximate surface area is 150 Å². The predicted molar refractivity (Wildman–Crippen MR) is 94.7 cm³/mol. The van der Waals surface area contributed by atoms with Gasteiger partial charge in [-0.2, -0.15) is 0 Å². The second-order valence-electron chi connectivity index (χ2n) is 9.54. The number of carbonyl (C=O) groups excluding carboxylic acids is 3. The van der Waals surface area contributed by atoms with Gasteiger partial charge in [-0.3, -0.25) is 14.4 Å². The second kappa shape index (κ2) is 5.92. The average Bonchev–Trinajstić information content (AvgIpc) is 2.89. The number of ketones is 2. The van der Waals surface area contributed by atoms with Crippen LogP contribution in [0.15, 0.2) is 0 Å². The molecule has 0 saturated heterocycles. The fourth-order valence-electron chi connectivity index (χ4n) is 7.55. The van der Waals surface area contributed by atoms with Crippen molar-refractivity contribution in [2.75, 3.05) is 6.54 Å². The number of hydrogen-bond donors (Lipinski definition) is 1. The SMILES string of the molecule is C[C@]12C(CNC=O)CCCC1C(=O)C[C@@H]1[C@@H]2CC[C@]2(C)C(=O)CC[C@@H]12. The highest BCUT2D eigenvalue weighted by Gasteiger charge is 2.63. The summed E-state index contributed by atoms with van der Waals surface area (Å²) in [6.45, 7) is 5.18. The third-order valence-electron chi connectivity index (χ3n) is 8.89. The van der Waals surface area contributed by atoms with Gasteiger partial charge in [-0.05, 0) is 61.2 Å². The Morgan fingerprint density at radius 3 is 2.68 bits per heavy atom. The molecule has 0 bridgehead atoms. The maximum Gasteiger partial charge on any atom is 0.207 e. The molecule has 4 aliphatic carbocycles. The Kier molecular flexibility index (Phi) is 4.08. The van der Waals surface area contributed by atoms with Gasteiger partial charge in [-0.25, -0.2) is 0 Å². The first kappa shape index (κ1) is 17.2. The Morgan fingerprint density at radius 1 is 1.12 bits per heavy atom. The molecule has 4 aliphatic rings. The molecule has 25 heavy (non-hydrogen) atoms. The summed E-state index contributed by atoms with van der Waals surface area (Å²) in [6.07, 6.45) is 8.42. The van der Waals surface area contributed by atoms with Gasteiger partial charge in [0.2, 0.25) is 6.41 Å². The molecule has 0 aromatic heterocycles. The van der Waals surface area contributed by atoms with Crippen molar-refractivity contribution in [3.05, 3.63) is 0 Å². The summed E-state index contributed by atoms with van der Waals surface area (Å²) in [4.78, 5) is 36.5. The van der Waals surface area contributed by atoms with Gasteiger partial charge in [0.15, 0.2) is 0 Å². The zero-order chi connectivity index (χ0) is 17.8. The first-order valence-corrected chi connectivity index (χ1v) is 10.2. The summed E-state index contributed by atoms with van der Waals surface area (Å²) in [6, 6.07) is 0. The fourth-order valence-corrected chi connectivity index (χ4v) is 7.55. The van der Waals surface area contributed by atoms with E-state index in [9.17, 15) is 14.4 Å². The van der Waals surface area contributed by atoms with Crippen molar-refractivity contribution in [2.24, 2.45) is 40.4 Å². The van der Waals surface area contributed by atoms with Crippen LogP contribution in [-0.2, 0) is 14.4 Å². The van der Waals surface area contributed by atoms with Gasteiger partial charge in [-0.15, -0.1) is 0 Å². The lowest BCUT2D eigenvalue weighted by molar-refractivity contribution is -0.164. The zero-order valence-electron chi connectivity index (χ0n) is 15.6. The molecule has 0 aromatic carbocycles. The monoisotopic (exact) mass is 345 g/mol. The van der Waals surface area contributed by atoms with Crippen LogP contribution in [0.4, 0.5) is 0 Å². The van der Waals surface area contributed by atoms with Gasteiger partial charge in [0, 0.05) is 30.7 Å². The number of fused-ring (bicyclic) bond motifs is 5. The van der Waals surface area contributed by atoms with Crippen molar-refractivity contribution in [1.82, 2.24) is 5.32 Å². The molecular formula is C21H31NO3. The minimum atomic E-state index is -0.185. The summed E-state index contributed by atoms with van der Waals surface area (Å²) < 4.78 is 0. The molecule has 4 saturated carbocycles. The Hall–Kier alpha value is -1.19. The Bertz CT molecular complexity index is 602. The molecule has 0 radical (unpaired) electrons. The molecule has 0 heterocycles. The van der Waals surface area contributed by atoms with Crippen molar-refractivity contribution >= 4 is 18.0 Å². The molecule has 0 aromatic rings. The topological polar surface area (TPSA) is 63.2 Å². The average molecular weight is 345 g/mol. The van der Waals surface area contributed by atoms with Crippen molar-refractivity contribution in [2.45, 2.75) is 65.2 Å². The van der Waals surface area contributed by atoms with Crippen LogP contribution >= 0.6 is 0 Å². The maximum atomic E-state index is 13.1. The quantitative estimate of drug-likeness (QED) is 0.799. The van der Waals surface area contributed by atoms with Crippen LogP contribution < -0.4 is 5.32 Å². The Morgan fingerprint density at radius 2 is 1.92 bits per heavy atom.